The Bertz CT molecular complexity index is 282. The molecule has 1 rings (SSSR count). The molecule has 14 heavy (non-hydrogen) atoms. The van der Waals surface area contributed by atoms with Crippen LogP contribution in [0.5, 0.6) is 0 Å². The number of nitrogens with zero attached hydrogens (tertiary/aromatic N) is 1. The normalized spacial score (nSPS) is 9.86. The zero-order valence-electron chi connectivity index (χ0n) is 8.86. The molecule has 0 bridgehead atoms. The van der Waals surface area contributed by atoms with E-state index in [1.807, 2.05) is 49.1 Å². The maximum Gasteiger partial charge on any atom is 0.226 e. The molecule has 1 aromatic carbocycles. The van der Waals surface area contributed by atoms with Crippen LogP contribution in [0.15, 0.2) is 30.3 Å². The first-order valence-corrected chi connectivity index (χ1v) is 5.15. The molecule has 0 spiro atoms. The van der Waals surface area contributed by atoms with Gasteiger partial charge in [0.15, 0.2) is 0 Å². The Labute approximate surface area is 85.5 Å². The van der Waals surface area contributed by atoms with Gasteiger partial charge in [-0.15, -0.1) is 0 Å². The lowest BCUT2D eigenvalue weighted by atomic mass is 10.2. The third-order valence-corrected chi connectivity index (χ3v) is 2.15. The average Bonchev–Trinajstić information content (AvgIpc) is 2.21. The van der Waals surface area contributed by atoms with E-state index in [1.165, 1.54) is 0 Å². The first-order valence-electron chi connectivity index (χ1n) is 5.15. The molecule has 1 aromatic rings. The Balaban J connectivity index is 2.77. The Kier molecular flexibility index (Phi) is 4.17. The van der Waals surface area contributed by atoms with Crippen LogP contribution in [0.2, 0.25) is 0 Å². The fourth-order valence-corrected chi connectivity index (χ4v) is 1.46. The molecule has 0 atom stereocenters. The Hall–Kier alpha value is -1.31. The molecule has 2 nitrogen and oxygen atoms in total. The van der Waals surface area contributed by atoms with Crippen LogP contribution in [-0.2, 0) is 4.79 Å². The summed E-state index contributed by atoms with van der Waals surface area (Å²) in [5.74, 6) is 0.209. The number of rotatable bonds is 4. The maximum atomic E-state index is 11.7. The highest BCUT2D eigenvalue weighted by Gasteiger charge is 2.11. The summed E-state index contributed by atoms with van der Waals surface area (Å²) in [5, 5.41) is 0. The maximum absolute atomic E-state index is 11.7. The molecule has 0 saturated heterocycles. The standard InChI is InChI=1S/C12H17NO/c1-3-8-12(14)13(4-2)11-9-6-5-7-10-11/h5-7,9-10H,3-4,8H2,1-2H3. The number of hydrogen-bond donors (Lipinski definition) is 0. The predicted molar refractivity (Wildman–Crippen MR) is 59.4 cm³/mol. The second-order valence-electron chi connectivity index (χ2n) is 3.22. The largest absolute Gasteiger partial charge is 0.313 e. The third kappa shape index (κ3) is 2.59. The van der Waals surface area contributed by atoms with Gasteiger partial charge in [-0.1, -0.05) is 25.1 Å². The summed E-state index contributed by atoms with van der Waals surface area (Å²) in [7, 11) is 0. The summed E-state index contributed by atoms with van der Waals surface area (Å²) in [6, 6.07) is 9.81. The lowest BCUT2D eigenvalue weighted by Gasteiger charge is -2.20. The molecule has 76 valence electrons. The van der Waals surface area contributed by atoms with Crippen molar-refractivity contribution in [1.29, 1.82) is 0 Å². The highest BCUT2D eigenvalue weighted by Crippen LogP contribution is 2.14. The van der Waals surface area contributed by atoms with E-state index in [9.17, 15) is 4.79 Å². The molecule has 0 heterocycles. The molecule has 0 saturated carbocycles. The van der Waals surface area contributed by atoms with Crippen molar-refractivity contribution in [3.8, 4) is 0 Å². The number of amides is 1. The van der Waals surface area contributed by atoms with Crippen molar-refractivity contribution in [2.24, 2.45) is 0 Å². The number of carbonyl (C=O) groups is 1. The highest BCUT2D eigenvalue weighted by molar-refractivity contribution is 5.93. The topological polar surface area (TPSA) is 20.3 Å². The summed E-state index contributed by atoms with van der Waals surface area (Å²) in [5.41, 5.74) is 0.994. The van der Waals surface area contributed by atoms with Crippen molar-refractivity contribution >= 4 is 11.6 Å². The van der Waals surface area contributed by atoms with E-state index >= 15 is 0 Å². The summed E-state index contributed by atoms with van der Waals surface area (Å²) in [4.78, 5) is 13.5. The first-order chi connectivity index (χ1) is 6.79. The lowest BCUT2D eigenvalue weighted by Crippen LogP contribution is -2.30. The molecule has 0 radical (unpaired) electrons. The minimum atomic E-state index is 0.209. The first kappa shape index (κ1) is 10.8. The average molecular weight is 191 g/mol. The number of para-hydroxylation sites is 1. The van der Waals surface area contributed by atoms with E-state index in [0.29, 0.717) is 6.42 Å². The monoisotopic (exact) mass is 191 g/mol. The van der Waals surface area contributed by atoms with Crippen LogP contribution in [0.3, 0.4) is 0 Å². The highest BCUT2D eigenvalue weighted by atomic mass is 16.2. The van der Waals surface area contributed by atoms with Crippen LogP contribution in [0.25, 0.3) is 0 Å². The number of benzene rings is 1. The minimum Gasteiger partial charge on any atom is -0.313 e. The molecule has 0 aliphatic heterocycles. The van der Waals surface area contributed by atoms with Crippen molar-refractivity contribution in [3.63, 3.8) is 0 Å². The van der Waals surface area contributed by atoms with Gasteiger partial charge in [0.25, 0.3) is 0 Å². The Morgan fingerprint density at radius 2 is 1.86 bits per heavy atom. The van der Waals surface area contributed by atoms with Gasteiger partial charge in [-0.25, -0.2) is 0 Å². The van der Waals surface area contributed by atoms with Gasteiger partial charge in [-0.2, -0.15) is 0 Å². The van der Waals surface area contributed by atoms with Gasteiger partial charge in [0.05, 0.1) is 0 Å². The van der Waals surface area contributed by atoms with Gasteiger partial charge < -0.3 is 4.90 Å². The molecular formula is C12H17NO. The van der Waals surface area contributed by atoms with Crippen LogP contribution < -0.4 is 4.90 Å². The van der Waals surface area contributed by atoms with E-state index in [1.54, 1.807) is 0 Å². The number of hydrogen-bond acceptors (Lipinski definition) is 1. The van der Waals surface area contributed by atoms with Gasteiger partial charge in [-0.3, -0.25) is 4.79 Å². The van der Waals surface area contributed by atoms with Gasteiger partial charge in [0, 0.05) is 18.7 Å². The van der Waals surface area contributed by atoms with Crippen molar-refractivity contribution < 1.29 is 4.79 Å². The van der Waals surface area contributed by atoms with Gasteiger partial charge in [-0.05, 0) is 25.5 Å². The van der Waals surface area contributed by atoms with Crippen molar-refractivity contribution in [2.75, 3.05) is 11.4 Å². The van der Waals surface area contributed by atoms with Crippen molar-refractivity contribution in [2.45, 2.75) is 26.7 Å². The Morgan fingerprint density at radius 1 is 1.21 bits per heavy atom. The van der Waals surface area contributed by atoms with E-state index in [0.717, 1.165) is 18.7 Å². The molecule has 2 heteroatoms. The zero-order chi connectivity index (χ0) is 10.4. The van der Waals surface area contributed by atoms with Gasteiger partial charge in [0.1, 0.15) is 0 Å². The molecule has 0 unspecified atom stereocenters. The van der Waals surface area contributed by atoms with Crippen molar-refractivity contribution in [1.82, 2.24) is 0 Å². The fraction of sp³-hybridized carbons (Fsp3) is 0.417. The summed E-state index contributed by atoms with van der Waals surface area (Å²) in [6.07, 6.45) is 1.53. The van der Waals surface area contributed by atoms with Crippen molar-refractivity contribution in [3.05, 3.63) is 30.3 Å². The van der Waals surface area contributed by atoms with Crippen LogP contribution in [-0.4, -0.2) is 12.5 Å². The third-order valence-electron chi connectivity index (χ3n) is 2.15. The molecule has 0 fully saturated rings. The van der Waals surface area contributed by atoms with Crippen LogP contribution >= 0.6 is 0 Å². The molecule has 0 N–H and O–H groups in total. The molecular weight excluding hydrogens is 174 g/mol. The molecule has 0 aliphatic carbocycles. The summed E-state index contributed by atoms with van der Waals surface area (Å²) >= 11 is 0. The quantitative estimate of drug-likeness (QED) is 0.716. The van der Waals surface area contributed by atoms with E-state index in [2.05, 4.69) is 0 Å². The van der Waals surface area contributed by atoms with E-state index in [-0.39, 0.29) is 5.91 Å². The van der Waals surface area contributed by atoms with Crippen LogP contribution in [0, 0.1) is 0 Å². The second kappa shape index (κ2) is 5.43. The van der Waals surface area contributed by atoms with Crippen LogP contribution in [0.1, 0.15) is 26.7 Å². The van der Waals surface area contributed by atoms with E-state index in [4.69, 9.17) is 0 Å². The van der Waals surface area contributed by atoms with E-state index < -0.39 is 0 Å². The smallest absolute Gasteiger partial charge is 0.226 e. The molecule has 1 amide bonds. The number of carbonyl (C=O) groups excluding carboxylic acids is 1. The predicted octanol–water partition coefficient (Wildman–Crippen LogP) is 2.84. The minimum absolute atomic E-state index is 0.209. The Morgan fingerprint density at radius 3 is 2.36 bits per heavy atom. The summed E-state index contributed by atoms with van der Waals surface area (Å²) < 4.78 is 0. The lowest BCUT2D eigenvalue weighted by molar-refractivity contribution is -0.118. The second-order valence-corrected chi connectivity index (χ2v) is 3.22. The van der Waals surface area contributed by atoms with Gasteiger partial charge >= 0.3 is 0 Å². The molecule has 0 aliphatic rings. The SMILES string of the molecule is CCCC(=O)N(CC)c1ccccc1. The number of anilines is 1. The van der Waals surface area contributed by atoms with Gasteiger partial charge in [0.2, 0.25) is 5.91 Å². The summed E-state index contributed by atoms with van der Waals surface area (Å²) in [6.45, 7) is 4.76. The molecule has 0 aromatic heterocycles. The van der Waals surface area contributed by atoms with Crippen LogP contribution in [0.4, 0.5) is 5.69 Å². The zero-order valence-corrected chi connectivity index (χ0v) is 8.86. The fourth-order valence-electron chi connectivity index (χ4n) is 1.46.